The highest BCUT2D eigenvalue weighted by atomic mass is 32.2. The minimum Gasteiger partial charge on any atom is -0.305 e. The molecule has 0 spiro atoms. The van der Waals surface area contributed by atoms with Crippen LogP contribution in [0.3, 0.4) is 0 Å². The van der Waals surface area contributed by atoms with Crippen LogP contribution in [-0.2, 0) is 23.1 Å². The number of aromatic nitrogens is 3. The number of thiophene rings is 1. The zero-order valence-corrected chi connectivity index (χ0v) is 26.0. The molecule has 5 aromatic rings. The third-order valence-corrected chi connectivity index (χ3v) is 9.52. The minimum absolute atomic E-state index is 0.0708. The van der Waals surface area contributed by atoms with Gasteiger partial charge in [-0.2, -0.15) is 0 Å². The highest BCUT2D eigenvalue weighted by molar-refractivity contribution is 7.92. The number of hydrogen-bond acceptors (Lipinski definition) is 9. The van der Waals surface area contributed by atoms with Crippen LogP contribution in [0.1, 0.15) is 11.1 Å². The molecular weight excluding hydrogens is 630 g/mol. The normalized spacial score (nSPS) is 11.8. The summed E-state index contributed by atoms with van der Waals surface area (Å²) in [6.45, 7) is -0.392. The number of halogens is 2. The van der Waals surface area contributed by atoms with Gasteiger partial charge in [0.05, 0.1) is 23.1 Å². The van der Waals surface area contributed by atoms with Crippen molar-refractivity contribution in [2.45, 2.75) is 13.1 Å². The molecule has 0 N–H and O–H groups in total. The molecule has 0 aliphatic carbocycles. The van der Waals surface area contributed by atoms with Crippen LogP contribution in [0.15, 0.2) is 70.3 Å². The molecule has 0 saturated carbocycles. The van der Waals surface area contributed by atoms with Crippen molar-refractivity contribution in [3.63, 3.8) is 0 Å². The smallest absolute Gasteiger partial charge is 0.305 e. The molecule has 45 heavy (non-hydrogen) atoms. The topological polar surface area (TPSA) is 141 Å². The lowest BCUT2D eigenvalue weighted by atomic mass is 10.1. The van der Waals surface area contributed by atoms with Gasteiger partial charge in [-0.15, -0.1) is 11.3 Å². The van der Waals surface area contributed by atoms with Gasteiger partial charge in [0.15, 0.2) is 0 Å². The van der Waals surface area contributed by atoms with Gasteiger partial charge in [-0.1, -0.05) is 12.1 Å². The van der Waals surface area contributed by atoms with Gasteiger partial charge in [0.1, 0.15) is 28.1 Å². The Hall–Kier alpha value is -4.80. The molecule has 0 aliphatic rings. The van der Waals surface area contributed by atoms with Crippen molar-refractivity contribution in [2.75, 3.05) is 31.7 Å². The Morgan fingerprint density at radius 1 is 0.956 bits per heavy atom. The first kappa shape index (κ1) is 31.6. The van der Waals surface area contributed by atoms with Gasteiger partial charge in [-0.05, 0) is 61.6 Å². The van der Waals surface area contributed by atoms with Crippen molar-refractivity contribution in [1.82, 2.24) is 19.0 Å². The van der Waals surface area contributed by atoms with Crippen molar-refractivity contribution in [1.29, 1.82) is 0 Å². The van der Waals surface area contributed by atoms with Crippen LogP contribution in [0.25, 0.3) is 26.5 Å². The van der Waals surface area contributed by atoms with E-state index in [0.29, 0.717) is 16.0 Å². The maximum atomic E-state index is 14.9. The summed E-state index contributed by atoms with van der Waals surface area (Å²) in [5, 5.41) is 11.3. The molecule has 0 aliphatic heterocycles. The third kappa shape index (κ3) is 5.99. The van der Waals surface area contributed by atoms with Crippen LogP contribution in [0.2, 0.25) is 0 Å². The summed E-state index contributed by atoms with van der Waals surface area (Å²) in [5.41, 5.74) is -1.31. The second-order valence-corrected chi connectivity index (χ2v) is 13.4. The van der Waals surface area contributed by atoms with Gasteiger partial charge < -0.3 is 4.90 Å². The molecule has 0 bridgehead atoms. The lowest BCUT2D eigenvalue weighted by Crippen LogP contribution is -2.40. The summed E-state index contributed by atoms with van der Waals surface area (Å²) in [7, 11) is 1.03. The van der Waals surface area contributed by atoms with Crippen molar-refractivity contribution in [2.24, 2.45) is 0 Å². The van der Waals surface area contributed by atoms with Crippen molar-refractivity contribution < 1.29 is 22.1 Å². The van der Waals surface area contributed by atoms with Crippen LogP contribution in [0.4, 0.5) is 20.3 Å². The van der Waals surface area contributed by atoms with Gasteiger partial charge in [0.25, 0.3) is 11.2 Å². The fourth-order valence-electron chi connectivity index (χ4n) is 4.77. The first-order valence-corrected chi connectivity index (χ1v) is 15.9. The first-order chi connectivity index (χ1) is 21.2. The number of anilines is 1. The number of nitrogens with zero attached hydrogens (tertiary/aromatic N) is 6. The molecule has 0 amide bonds. The number of hydrogen-bond donors (Lipinski definition) is 0. The zero-order valence-electron chi connectivity index (χ0n) is 24.4. The number of non-ortho nitro benzene ring substituents is 1. The van der Waals surface area contributed by atoms with E-state index < -0.39 is 49.9 Å². The highest BCUT2D eigenvalue weighted by Crippen LogP contribution is 2.38. The van der Waals surface area contributed by atoms with E-state index in [1.165, 1.54) is 55.6 Å². The van der Waals surface area contributed by atoms with Crippen LogP contribution < -0.4 is 15.6 Å². The molecule has 2 aromatic carbocycles. The fraction of sp³-hybridized carbons (Fsp3) is 0.207. The molecular formula is C29H26F2N6O6S2. The third-order valence-electron chi connectivity index (χ3n) is 7.03. The van der Waals surface area contributed by atoms with Crippen LogP contribution in [0.5, 0.6) is 0 Å². The summed E-state index contributed by atoms with van der Waals surface area (Å²) < 4.78 is 56.9. The summed E-state index contributed by atoms with van der Waals surface area (Å²) in [5.74, 6) is -2.08. The second-order valence-electron chi connectivity index (χ2n) is 10.4. The molecule has 0 radical (unpaired) electrons. The molecule has 3 heterocycles. The number of benzene rings is 2. The van der Waals surface area contributed by atoms with E-state index in [1.807, 2.05) is 0 Å². The largest absolute Gasteiger partial charge is 0.338 e. The van der Waals surface area contributed by atoms with Gasteiger partial charge >= 0.3 is 5.69 Å². The Kier molecular flexibility index (Phi) is 8.39. The van der Waals surface area contributed by atoms with Crippen molar-refractivity contribution in [3.05, 3.63) is 114 Å². The Balaban J connectivity index is 1.89. The van der Waals surface area contributed by atoms with E-state index in [-0.39, 0.29) is 34.1 Å². The minimum atomic E-state index is -3.75. The number of fused-ring (bicyclic) bond motifs is 1. The second kappa shape index (κ2) is 11.9. The molecule has 5 rings (SSSR count). The molecule has 16 heteroatoms. The number of nitro benzene ring substituents is 1. The predicted octanol–water partition coefficient (Wildman–Crippen LogP) is 3.97. The summed E-state index contributed by atoms with van der Waals surface area (Å²) in [4.78, 5) is 45.9. The number of nitro groups is 1. The van der Waals surface area contributed by atoms with Gasteiger partial charge in [0, 0.05) is 36.2 Å². The molecule has 12 nitrogen and oxygen atoms in total. The lowest BCUT2D eigenvalue weighted by molar-refractivity contribution is -0.384. The number of rotatable bonds is 9. The molecule has 234 valence electrons. The quantitative estimate of drug-likeness (QED) is 0.172. The predicted molar refractivity (Wildman–Crippen MR) is 168 cm³/mol. The Morgan fingerprint density at radius 2 is 1.58 bits per heavy atom. The maximum absolute atomic E-state index is 14.9. The first-order valence-electron chi connectivity index (χ1n) is 13.2. The highest BCUT2D eigenvalue weighted by Gasteiger charge is 2.26. The molecule has 0 saturated heterocycles. The molecule has 3 aromatic heterocycles. The lowest BCUT2D eigenvalue weighted by Gasteiger charge is -2.17. The Bertz CT molecular complexity index is 2170. The van der Waals surface area contributed by atoms with Gasteiger partial charge in [-0.25, -0.2) is 31.5 Å². The molecule has 0 fully saturated rings. The van der Waals surface area contributed by atoms with Crippen molar-refractivity contribution in [3.8, 4) is 16.3 Å². The van der Waals surface area contributed by atoms with Gasteiger partial charge in [-0.3, -0.25) is 23.8 Å². The van der Waals surface area contributed by atoms with Crippen LogP contribution >= 0.6 is 11.3 Å². The van der Waals surface area contributed by atoms with Crippen molar-refractivity contribution >= 4 is 43.1 Å². The van der Waals surface area contributed by atoms with Gasteiger partial charge in [0.2, 0.25) is 10.0 Å². The monoisotopic (exact) mass is 656 g/mol. The SMILES string of the molecule is CN(C)Cc1c(-c2ccc([N+](=O)[O-])cc2)sc2c1c(=O)n(-c1cccc(N(C)S(C)(=O)=O)n1)c(=O)n2Cc1c(F)cccc1F. The molecule has 0 atom stereocenters. The van der Waals surface area contributed by atoms with E-state index in [2.05, 4.69) is 4.98 Å². The maximum Gasteiger partial charge on any atom is 0.338 e. The van der Waals surface area contributed by atoms with E-state index in [1.54, 1.807) is 19.0 Å². The van der Waals surface area contributed by atoms with Crippen LogP contribution in [0, 0.1) is 21.7 Å². The summed E-state index contributed by atoms with van der Waals surface area (Å²) in [6, 6.07) is 13.1. The van der Waals surface area contributed by atoms with E-state index in [0.717, 1.165) is 43.2 Å². The molecule has 0 unspecified atom stereocenters. The van der Waals surface area contributed by atoms with Crippen LogP contribution in [-0.4, -0.2) is 59.8 Å². The number of pyridine rings is 1. The fourth-order valence-corrected chi connectivity index (χ4v) is 6.51. The summed E-state index contributed by atoms with van der Waals surface area (Å²) >= 11 is 1.03. The Morgan fingerprint density at radius 3 is 2.16 bits per heavy atom. The Labute approximate surface area is 259 Å². The number of sulfonamides is 1. The average Bonchev–Trinajstić information content (AvgIpc) is 3.34. The van der Waals surface area contributed by atoms with E-state index in [4.69, 9.17) is 0 Å². The average molecular weight is 657 g/mol. The van der Waals surface area contributed by atoms with E-state index in [9.17, 15) is 36.9 Å². The summed E-state index contributed by atoms with van der Waals surface area (Å²) in [6.07, 6.45) is 0.966. The van der Waals surface area contributed by atoms with E-state index >= 15 is 0 Å². The zero-order chi connectivity index (χ0) is 32.8. The standard InChI is InChI=1S/C29H26F2N6O6S2/c1-33(2)15-20-25-27(38)36(24-10-6-9-23(32-24)34(3)45(4,42)43)29(39)35(16-19-21(30)7-5-8-22(19)31)28(25)44-26(20)17-11-13-18(14-12-17)37(40)41/h5-14H,15-16H2,1-4H3.